The van der Waals surface area contributed by atoms with Gasteiger partial charge in [0, 0.05) is 31.5 Å². The molecular weight excluding hydrogens is 374 g/mol. The first-order valence-electron chi connectivity index (χ1n) is 9.58. The van der Waals surface area contributed by atoms with Crippen LogP contribution in [0.4, 0.5) is 17.1 Å². The first-order chi connectivity index (χ1) is 14.0. The Kier molecular flexibility index (Phi) is 6.48. The molecule has 2 aromatic rings. The van der Waals surface area contributed by atoms with Gasteiger partial charge in [-0.3, -0.25) is 19.4 Å². The predicted molar refractivity (Wildman–Crippen MR) is 110 cm³/mol. The van der Waals surface area contributed by atoms with E-state index in [0.717, 1.165) is 25.1 Å². The number of hydrogen-bond donors (Lipinski definition) is 2. The molecule has 9 heteroatoms. The number of ether oxygens (including phenoxy) is 1. The minimum absolute atomic E-state index is 0.132. The molecule has 2 aromatic heterocycles. The highest BCUT2D eigenvalue weighted by Gasteiger charge is 2.26. The fraction of sp³-hybridized carbons (Fsp3) is 0.400. The molecule has 1 atom stereocenters. The lowest BCUT2D eigenvalue weighted by Gasteiger charge is -2.33. The highest BCUT2D eigenvalue weighted by molar-refractivity contribution is 5.93. The number of anilines is 3. The van der Waals surface area contributed by atoms with Crippen LogP contribution in [0.3, 0.4) is 0 Å². The zero-order valence-electron chi connectivity index (χ0n) is 16.3. The second-order valence-corrected chi connectivity index (χ2v) is 6.94. The lowest BCUT2D eigenvalue weighted by molar-refractivity contribution is -0.143. The lowest BCUT2D eigenvalue weighted by Crippen LogP contribution is -2.41. The maximum Gasteiger partial charge on any atom is 0.326 e. The van der Waals surface area contributed by atoms with Gasteiger partial charge >= 0.3 is 5.97 Å². The number of carbonyl (C=O) groups is 2. The van der Waals surface area contributed by atoms with Crippen LogP contribution in [-0.4, -0.2) is 41.1 Å². The third-order valence-corrected chi connectivity index (χ3v) is 4.76. The van der Waals surface area contributed by atoms with Gasteiger partial charge in [0.15, 0.2) is 0 Å². The molecule has 0 spiro atoms. The zero-order valence-corrected chi connectivity index (χ0v) is 16.3. The minimum Gasteiger partial charge on any atom is -0.465 e. The van der Waals surface area contributed by atoms with Gasteiger partial charge in [0.2, 0.25) is 5.91 Å². The van der Waals surface area contributed by atoms with Crippen molar-refractivity contribution in [3.05, 3.63) is 47.1 Å². The van der Waals surface area contributed by atoms with E-state index in [0.29, 0.717) is 17.9 Å². The van der Waals surface area contributed by atoms with Crippen LogP contribution >= 0.6 is 0 Å². The summed E-state index contributed by atoms with van der Waals surface area (Å²) in [6.45, 7) is 3.13. The molecule has 0 aliphatic carbocycles. The zero-order chi connectivity index (χ0) is 20.8. The van der Waals surface area contributed by atoms with Crippen LogP contribution in [0.2, 0.25) is 0 Å². The largest absolute Gasteiger partial charge is 0.465 e. The standard InChI is InChI=1S/C20H25N5O4/c1-2-29-19(27)13-25-12-16(5-6-18(25)26)23-20(28)14-4-3-7-24(11-14)17-8-15(21)9-22-10-17/h5-6,8-10,12,14H,2-4,7,11,13,21H2,1H3,(H,23,28)/t14-/m0/s1. The Bertz CT molecular complexity index is 942. The molecule has 1 aliphatic heterocycles. The molecule has 0 radical (unpaired) electrons. The van der Waals surface area contributed by atoms with Crippen LogP contribution in [0.25, 0.3) is 0 Å². The first kappa shape index (κ1) is 20.4. The van der Waals surface area contributed by atoms with E-state index in [1.807, 2.05) is 6.07 Å². The number of aromatic nitrogens is 2. The number of nitrogens with zero attached hydrogens (tertiary/aromatic N) is 3. The molecule has 1 fully saturated rings. The number of piperidine rings is 1. The average molecular weight is 399 g/mol. The van der Waals surface area contributed by atoms with Gasteiger partial charge in [0.05, 0.1) is 35.8 Å². The SMILES string of the molecule is CCOC(=O)Cn1cc(NC(=O)[C@H]2CCCN(c3cncc(N)c3)C2)ccc1=O. The summed E-state index contributed by atoms with van der Waals surface area (Å²) in [5, 5.41) is 2.85. The van der Waals surface area contributed by atoms with Crippen LogP contribution in [0.5, 0.6) is 0 Å². The third-order valence-electron chi connectivity index (χ3n) is 4.76. The van der Waals surface area contributed by atoms with E-state index in [1.165, 1.54) is 22.9 Å². The maximum absolute atomic E-state index is 12.8. The predicted octanol–water partition coefficient (Wildman–Crippen LogP) is 1.24. The summed E-state index contributed by atoms with van der Waals surface area (Å²) in [5.74, 6) is -0.847. The van der Waals surface area contributed by atoms with Gasteiger partial charge in [-0.25, -0.2) is 0 Å². The Balaban J connectivity index is 1.66. The van der Waals surface area contributed by atoms with Crippen molar-refractivity contribution in [2.24, 2.45) is 5.92 Å². The van der Waals surface area contributed by atoms with E-state index in [-0.39, 0.29) is 30.5 Å². The van der Waals surface area contributed by atoms with Crippen molar-refractivity contribution in [3.8, 4) is 0 Å². The number of rotatable bonds is 6. The molecule has 3 N–H and O–H groups in total. The second kappa shape index (κ2) is 9.22. The van der Waals surface area contributed by atoms with E-state index in [1.54, 1.807) is 19.3 Å². The van der Waals surface area contributed by atoms with Crippen molar-refractivity contribution in [3.63, 3.8) is 0 Å². The van der Waals surface area contributed by atoms with Crippen molar-refractivity contribution in [2.45, 2.75) is 26.3 Å². The second-order valence-electron chi connectivity index (χ2n) is 6.94. The number of nitrogens with two attached hydrogens (primary N) is 1. The number of carbonyl (C=O) groups excluding carboxylic acids is 2. The lowest BCUT2D eigenvalue weighted by atomic mass is 9.96. The topological polar surface area (TPSA) is 120 Å². The summed E-state index contributed by atoms with van der Waals surface area (Å²) in [6.07, 6.45) is 6.42. The molecule has 0 aromatic carbocycles. The Labute approximate surface area is 168 Å². The van der Waals surface area contributed by atoms with Gasteiger partial charge in [-0.15, -0.1) is 0 Å². The summed E-state index contributed by atoms with van der Waals surface area (Å²) >= 11 is 0. The first-order valence-corrected chi connectivity index (χ1v) is 9.58. The third kappa shape index (κ3) is 5.34. The average Bonchev–Trinajstić information content (AvgIpc) is 2.71. The van der Waals surface area contributed by atoms with Crippen molar-refractivity contribution in [1.82, 2.24) is 9.55 Å². The Morgan fingerprint density at radius 2 is 2.17 bits per heavy atom. The van der Waals surface area contributed by atoms with Crippen molar-refractivity contribution in [2.75, 3.05) is 35.6 Å². The Morgan fingerprint density at radius 1 is 1.34 bits per heavy atom. The van der Waals surface area contributed by atoms with E-state index in [2.05, 4.69) is 15.2 Å². The number of hydrogen-bond acceptors (Lipinski definition) is 7. The van der Waals surface area contributed by atoms with Crippen molar-refractivity contribution in [1.29, 1.82) is 0 Å². The number of amides is 1. The molecule has 3 rings (SSSR count). The molecular formula is C20H25N5O4. The van der Waals surface area contributed by atoms with Crippen LogP contribution < -0.4 is 21.5 Å². The van der Waals surface area contributed by atoms with Crippen LogP contribution in [0.1, 0.15) is 19.8 Å². The maximum atomic E-state index is 12.8. The molecule has 1 amide bonds. The van der Waals surface area contributed by atoms with E-state index in [9.17, 15) is 14.4 Å². The van der Waals surface area contributed by atoms with E-state index < -0.39 is 5.97 Å². The fourth-order valence-electron chi connectivity index (χ4n) is 3.36. The summed E-state index contributed by atoms with van der Waals surface area (Å²) in [7, 11) is 0. The van der Waals surface area contributed by atoms with Crippen LogP contribution in [0, 0.1) is 5.92 Å². The van der Waals surface area contributed by atoms with Crippen molar-refractivity contribution >= 4 is 28.9 Å². The summed E-state index contributed by atoms with van der Waals surface area (Å²) in [6, 6.07) is 4.70. The van der Waals surface area contributed by atoms with Gasteiger partial charge in [-0.05, 0) is 31.9 Å². The smallest absolute Gasteiger partial charge is 0.326 e. The molecule has 0 bridgehead atoms. The highest BCUT2D eigenvalue weighted by atomic mass is 16.5. The molecule has 1 saturated heterocycles. The summed E-state index contributed by atoms with van der Waals surface area (Å²) in [4.78, 5) is 42.6. The quantitative estimate of drug-likeness (QED) is 0.701. The molecule has 29 heavy (non-hydrogen) atoms. The highest BCUT2D eigenvalue weighted by Crippen LogP contribution is 2.24. The van der Waals surface area contributed by atoms with E-state index >= 15 is 0 Å². The number of esters is 1. The summed E-state index contributed by atoms with van der Waals surface area (Å²) in [5.41, 5.74) is 7.41. The minimum atomic E-state index is -0.503. The van der Waals surface area contributed by atoms with Crippen molar-refractivity contribution < 1.29 is 14.3 Å². The van der Waals surface area contributed by atoms with Crippen LogP contribution in [-0.2, 0) is 20.9 Å². The number of nitrogens with one attached hydrogen (secondary N) is 1. The van der Waals surface area contributed by atoms with E-state index in [4.69, 9.17) is 10.5 Å². The summed E-state index contributed by atoms with van der Waals surface area (Å²) < 4.78 is 6.10. The van der Waals surface area contributed by atoms with Crippen LogP contribution in [0.15, 0.2) is 41.6 Å². The van der Waals surface area contributed by atoms with Gasteiger partial charge in [-0.1, -0.05) is 0 Å². The molecule has 154 valence electrons. The van der Waals surface area contributed by atoms with Gasteiger partial charge in [0.1, 0.15) is 6.54 Å². The molecule has 3 heterocycles. The fourth-order valence-corrected chi connectivity index (χ4v) is 3.36. The van der Waals surface area contributed by atoms with Gasteiger partial charge < -0.3 is 25.3 Å². The molecule has 1 aliphatic rings. The Morgan fingerprint density at radius 3 is 2.93 bits per heavy atom. The van der Waals surface area contributed by atoms with Gasteiger partial charge in [-0.2, -0.15) is 0 Å². The molecule has 0 saturated carbocycles. The Hall–Kier alpha value is -3.36. The number of pyridine rings is 2. The monoisotopic (exact) mass is 399 g/mol. The number of nitrogen functional groups attached to an aromatic ring is 1. The normalized spacial score (nSPS) is 16.3. The molecule has 9 nitrogen and oxygen atoms in total. The molecule has 0 unspecified atom stereocenters. The van der Waals surface area contributed by atoms with Gasteiger partial charge in [0.25, 0.3) is 5.56 Å².